The van der Waals surface area contributed by atoms with Crippen LogP contribution in [-0.2, 0) is 18.4 Å². The first-order chi connectivity index (χ1) is 35.0. The molecule has 0 aromatic carbocycles. The number of amides is 1. The summed E-state index contributed by atoms with van der Waals surface area (Å²) in [5.74, 6) is -0.191. The molecule has 1 amide bonds. The number of likely N-dealkylation sites (N-methyl/N-ethyl adjacent to an activating group) is 1. The van der Waals surface area contributed by atoms with Crippen molar-refractivity contribution < 1.29 is 32.9 Å². The second-order valence-electron chi connectivity index (χ2n) is 21.3. The van der Waals surface area contributed by atoms with Crippen LogP contribution in [0.1, 0.15) is 258 Å². The first kappa shape index (κ1) is 69.7. The number of allylic oxidation sites excluding steroid dienone is 13. The number of hydrogen-bond acceptors (Lipinski definition) is 5. The summed E-state index contributed by atoms with van der Waals surface area (Å²) in [6.07, 6.45) is 75.9. The average Bonchev–Trinajstić information content (AvgIpc) is 3.34. The summed E-state index contributed by atoms with van der Waals surface area (Å²) >= 11 is 0. The van der Waals surface area contributed by atoms with Crippen molar-refractivity contribution in [1.29, 1.82) is 0 Å². The third kappa shape index (κ3) is 55.4. The standard InChI is InChI=1S/C63H115N2O6P/c1-6-8-10-12-14-16-18-19-20-21-22-23-24-25-26-27-28-29-30-31-32-33-34-35-36-37-38-39-40-41-42-43-44-45-47-49-51-53-55-57-63(67)64-61(60-71-72(68,69)70-59-58-65(3,4)5)62(66)56-54-52-50-48-46-17-15-13-11-9-7-2/h8,10-11,13-14,16,19-20,22-23,46,48,54,56,61-62,66H,6-7,9,12,15,17-18,21,24-45,47,49-53,55,57-60H2,1-5H3,(H-,64,67,68,69)/p+1/b10-8-,13-11+,16-14-,20-19-,23-22-,48-46+,56-54+. The van der Waals surface area contributed by atoms with Crippen LogP contribution in [0.25, 0.3) is 0 Å². The number of phosphoric ester groups is 1. The van der Waals surface area contributed by atoms with Crippen LogP contribution in [0.15, 0.2) is 85.1 Å². The largest absolute Gasteiger partial charge is 0.472 e. The van der Waals surface area contributed by atoms with Crippen LogP contribution in [0.5, 0.6) is 0 Å². The molecule has 0 fully saturated rings. The number of rotatable bonds is 54. The minimum Gasteiger partial charge on any atom is -0.387 e. The van der Waals surface area contributed by atoms with E-state index in [1.165, 1.54) is 161 Å². The van der Waals surface area contributed by atoms with E-state index in [-0.39, 0.29) is 19.1 Å². The summed E-state index contributed by atoms with van der Waals surface area (Å²) in [6, 6.07) is -0.869. The van der Waals surface area contributed by atoms with Crippen LogP contribution >= 0.6 is 7.82 Å². The highest BCUT2D eigenvalue weighted by molar-refractivity contribution is 7.47. The Labute approximate surface area is 446 Å². The van der Waals surface area contributed by atoms with Crippen molar-refractivity contribution in [2.45, 2.75) is 270 Å². The van der Waals surface area contributed by atoms with E-state index in [0.717, 1.165) is 77.0 Å². The van der Waals surface area contributed by atoms with Gasteiger partial charge in [-0.1, -0.05) is 259 Å². The zero-order chi connectivity index (χ0) is 52.7. The molecule has 0 aliphatic heterocycles. The van der Waals surface area contributed by atoms with Crippen molar-refractivity contribution >= 4 is 13.7 Å². The average molecular weight is 1030 g/mol. The second kappa shape index (κ2) is 53.5. The molecule has 0 bridgehead atoms. The zero-order valence-electron chi connectivity index (χ0n) is 47.7. The SMILES string of the molecule is CC/C=C\C/C=C\C/C=C\C/C=C\CCCCCCCCCCCCCCCCCCCCCCCCCCCCC(=O)NC(COP(=O)(O)OCC[N+](C)(C)C)C(O)/C=C/CC/C=C/CC/C=C/CCC. The number of carbonyl (C=O) groups excluding carboxylic acids is 1. The van der Waals surface area contributed by atoms with Crippen LogP contribution in [-0.4, -0.2) is 73.4 Å². The van der Waals surface area contributed by atoms with Crippen molar-refractivity contribution in [3.05, 3.63) is 85.1 Å². The molecule has 3 atom stereocenters. The second-order valence-corrected chi connectivity index (χ2v) is 22.8. The molecule has 0 aromatic heterocycles. The molecule has 3 N–H and O–H groups in total. The summed E-state index contributed by atoms with van der Waals surface area (Å²) < 4.78 is 23.6. The molecular weight excluding hydrogens is 912 g/mol. The molecule has 0 heterocycles. The maximum Gasteiger partial charge on any atom is 0.472 e. The fourth-order valence-corrected chi connectivity index (χ4v) is 9.16. The number of carbonyl (C=O) groups is 1. The highest BCUT2D eigenvalue weighted by Gasteiger charge is 2.27. The summed E-state index contributed by atoms with van der Waals surface area (Å²) in [4.78, 5) is 23.2. The van der Waals surface area contributed by atoms with Crippen molar-refractivity contribution in [2.24, 2.45) is 0 Å². The smallest absolute Gasteiger partial charge is 0.387 e. The van der Waals surface area contributed by atoms with Gasteiger partial charge in [0.25, 0.3) is 0 Å². The number of quaternary nitrogens is 1. The monoisotopic (exact) mass is 1030 g/mol. The van der Waals surface area contributed by atoms with Gasteiger partial charge >= 0.3 is 7.82 Å². The molecule has 0 aliphatic carbocycles. The highest BCUT2D eigenvalue weighted by atomic mass is 31.2. The molecule has 0 radical (unpaired) electrons. The molecule has 72 heavy (non-hydrogen) atoms. The van der Waals surface area contributed by atoms with Gasteiger partial charge in [-0.25, -0.2) is 4.57 Å². The van der Waals surface area contributed by atoms with Crippen LogP contribution in [0, 0.1) is 0 Å². The quantitative estimate of drug-likeness (QED) is 0.0243. The Hall–Kier alpha value is -2.32. The highest BCUT2D eigenvalue weighted by Crippen LogP contribution is 2.43. The third-order valence-corrected chi connectivity index (χ3v) is 14.0. The maximum atomic E-state index is 12.9. The van der Waals surface area contributed by atoms with Gasteiger partial charge in [-0.05, 0) is 77.0 Å². The molecule has 0 aromatic rings. The van der Waals surface area contributed by atoms with Crippen LogP contribution in [0.4, 0.5) is 0 Å². The molecule has 0 spiro atoms. The van der Waals surface area contributed by atoms with Crippen molar-refractivity contribution in [1.82, 2.24) is 5.32 Å². The van der Waals surface area contributed by atoms with E-state index in [9.17, 15) is 19.4 Å². The molecule has 418 valence electrons. The number of nitrogens with one attached hydrogen (secondary N) is 1. The Balaban J connectivity index is 3.87. The minimum atomic E-state index is -4.35. The topological polar surface area (TPSA) is 105 Å². The summed E-state index contributed by atoms with van der Waals surface area (Å²) in [6.45, 7) is 4.60. The van der Waals surface area contributed by atoms with E-state index in [2.05, 4.69) is 92.1 Å². The Bertz CT molecular complexity index is 1450. The molecule has 9 heteroatoms. The minimum absolute atomic E-state index is 0.0523. The molecule has 0 saturated carbocycles. The summed E-state index contributed by atoms with van der Waals surface area (Å²) in [5.41, 5.74) is 0. The molecule has 0 saturated heterocycles. The first-order valence-electron chi connectivity index (χ1n) is 30.0. The Morgan fingerprint density at radius 2 is 0.847 bits per heavy atom. The van der Waals surface area contributed by atoms with Gasteiger partial charge in [-0.15, -0.1) is 0 Å². The van der Waals surface area contributed by atoms with Crippen molar-refractivity contribution in [2.75, 3.05) is 40.9 Å². The van der Waals surface area contributed by atoms with Gasteiger partial charge < -0.3 is 19.8 Å². The summed E-state index contributed by atoms with van der Waals surface area (Å²) in [7, 11) is 1.55. The van der Waals surface area contributed by atoms with Crippen molar-refractivity contribution in [3.63, 3.8) is 0 Å². The van der Waals surface area contributed by atoms with E-state index in [1.54, 1.807) is 6.08 Å². The van der Waals surface area contributed by atoms with Crippen LogP contribution < -0.4 is 5.32 Å². The number of unbranched alkanes of at least 4 members (excludes halogenated alkanes) is 29. The zero-order valence-corrected chi connectivity index (χ0v) is 48.5. The Kier molecular flexibility index (Phi) is 51.8. The lowest BCUT2D eigenvalue weighted by atomic mass is 10.0. The van der Waals surface area contributed by atoms with Crippen LogP contribution in [0.3, 0.4) is 0 Å². The van der Waals surface area contributed by atoms with Gasteiger partial charge in [0.1, 0.15) is 13.2 Å². The lowest BCUT2D eigenvalue weighted by molar-refractivity contribution is -0.870. The van der Waals surface area contributed by atoms with Crippen molar-refractivity contribution in [3.8, 4) is 0 Å². The fraction of sp³-hybridized carbons (Fsp3) is 0.762. The number of phosphoric acid groups is 1. The number of hydrogen-bond donors (Lipinski definition) is 3. The Morgan fingerprint density at radius 3 is 1.26 bits per heavy atom. The van der Waals surface area contributed by atoms with Gasteiger partial charge in [0, 0.05) is 6.42 Å². The fourth-order valence-electron chi connectivity index (χ4n) is 8.43. The molecule has 0 aliphatic rings. The summed E-state index contributed by atoms with van der Waals surface area (Å²) in [5, 5.41) is 13.8. The van der Waals surface area contributed by atoms with E-state index in [4.69, 9.17) is 9.05 Å². The molecular formula is C63H116N2O6P+. The number of aliphatic hydroxyl groups excluding tert-OH is 1. The maximum absolute atomic E-state index is 12.9. The molecule has 0 rings (SSSR count). The normalized spacial score (nSPS) is 14.5. The van der Waals surface area contributed by atoms with Gasteiger partial charge in [0.2, 0.25) is 5.91 Å². The molecule has 3 unspecified atom stereocenters. The third-order valence-electron chi connectivity index (χ3n) is 13.1. The first-order valence-corrected chi connectivity index (χ1v) is 31.5. The molecule has 8 nitrogen and oxygen atoms in total. The van der Waals surface area contributed by atoms with E-state index in [0.29, 0.717) is 17.4 Å². The number of aliphatic hydroxyl groups is 1. The van der Waals surface area contributed by atoms with Gasteiger partial charge in [-0.2, -0.15) is 0 Å². The van der Waals surface area contributed by atoms with Gasteiger partial charge in [-0.3, -0.25) is 13.8 Å². The predicted octanol–water partition coefficient (Wildman–Crippen LogP) is 18.4. The van der Waals surface area contributed by atoms with Gasteiger partial charge in [0.05, 0.1) is 39.9 Å². The Morgan fingerprint density at radius 1 is 0.486 bits per heavy atom. The van der Waals surface area contributed by atoms with E-state index < -0.39 is 20.0 Å². The predicted molar refractivity (Wildman–Crippen MR) is 313 cm³/mol. The van der Waals surface area contributed by atoms with E-state index in [1.807, 2.05) is 27.2 Å². The van der Waals surface area contributed by atoms with E-state index >= 15 is 0 Å². The van der Waals surface area contributed by atoms with Gasteiger partial charge in [0.15, 0.2) is 0 Å². The van der Waals surface area contributed by atoms with Crippen LogP contribution in [0.2, 0.25) is 0 Å². The number of nitrogens with zero attached hydrogens (tertiary/aromatic N) is 1. The lowest BCUT2D eigenvalue weighted by Gasteiger charge is -2.25. The lowest BCUT2D eigenvalue weighted by Crippen LogP contribution is -2.45.